The molecule has 2 aromatic heterocycles. The van der Waals surface area contributed by atoms with Crippen LogP contribution in [-0.4, -0.2) is 53.9 Å². The second-order valence-corrected chi connectivity index (χ2v) is 10.8. The Morgan fingerprint density at radius 3 is 2.72 bits per heavy atom. The van der Waals surface area contributed by atoms with Crippen LogP contribution in [0.1, 0.15) is 35.8 Å². The van der Waals surface area contributed by atoms with E-state index in [1.54, 1.807) is 11.0 Å². The van der Waals surface area contributed by atoms with Gasteiger partial charge in [-0.2, -0.15) is 0 Å². The van der Waals surface area contributed by atoms with Gasteiger partial charge >= 0.3 is 0 Å². The summed E-state index contributed by atoms with van der Waals surface area (Å²) in [5, 5.41) is 3.70. The number of fused-ring (bicyclic) bond motifs is 1. The van der Waals surface area contributed by atoms with E-state index in [-0.39, 0.29) is 11.8 Å². The van der Waals surface area contributed by atoms with Crippen LogP contribution in [0, 0.1) is 0 Å². The third-order valence-corrected chi connectivity index (χ3v) is 7.91. The molecule has 0 spiro atoms. The van der Waals surface area contributed by atoms with Gasteiger partial charge in [0.1, 0.15) is 5.82 Å². The highest BCUT2D eigenvalue weighted by molar-refractivity contribution is 7.15. The van der Waals surface area contributed by atoms with Gasteiger partial charge in [0, 0.05) is 42.0 Å². The topological polar surface area (TPSA) is 78.4 Å². The molecule has 0 unspecified atom stereocenters. The highest BCUT2D eigenvalue weighted by Gasteiger charge is 2.51. The summed E-state index contributed by atoms with van der Waals surface area (Å²) in [7, 11) is 3.94. The first-order valence-electron chi connectivity index (χ1n) is 12.4. The minimum Gasteiger partial charge on any atom is -0.306 e. The van der Waals surface area contributed by atoms with Crippen molar-refractivity contribution < 1.29 is 9.59 Å². The van der Waals surface area contributed by atoms with E-state index in [9.17, 15) is 9.59 Å². The standard InChI is InChI=1S/C28H31N5O2S/c1-4-23-18-30-27(36-23)31-26(35)28(11-12-28)22-8-5-7-19(16-22)21-15-20-10-14-33(25(20)29-17-21)24(34)9-6-13-32(2)3/h5-9,15-18H,4,10-14H2,1-3H3,(H,30,31,35)/b9-6+. The number of likely N-dealkylation sites (N-methyl/N-ethyl adjacent to an activating group) is 1. The number of aromatic nitrogens is 2. The number of hydrogen-bond acceptors (Lipinski definition) is 6. The number of hydrogen-bond donors (Lipinski definition) is 1. The molecular formula is C28H31N5O2S. The molecule has 3 aromatic rings. The van der Waals surface area contributed by atoms with Crippen LogP contribution in [0.4, 0.5) is 10.9 Å². The van der Waals surface area contributed by atoms with Crippen molar-refractivity contribution in [2.24, 2.45) is 0 Å². The Morgan fingerprint density at radius 2 is 2.00 bits per heavy atom. The van der Waals surface area contributed by atoms with Crippen molar-refractivity contribution >= 4 is 34.1 Å². The molecule has 1 aromatic carbocycles. The number of benzene rings is 1. The minimum absolute atomic E-state index is 0.0141. The maximum Gasteiger partial charge on any atom is 0.251 e. The van der Waals surface area contributed by atoms with E-state index in [1.165, 1.54) is 11.3 Å². The summed E-state index contributed by atoms with van der Waals surface area (Å²) in [5.41, 5.74) is 3.62. The van der Waals surface area contributed by atoms with Crippen molar-refractivity contribution in [3.63, 3.8) is 0 Å². The first kappa shape index (κ1) is 24.3. The first-order valence-corrected chi connectivity index (χ1v) is 13.2. The fourth-order valence-corrected chi connectivity index (χ4v) is 5.36. The van der Waals surface area contributed by atoms with E-state index in [2.05, 4.69) is 40.4 Å². The number of rotatable bonds is 8. The Morgan fingerprint density at radius 1 is 1.17 bits per heavy atom. The number of pyridine rings is 1. The molecule has 2 aliphatic rings. The predicted octanol–water partition coefficient (Wildman–Crippen LogP) is 4.44. The van der Waals surface area contributed by atoms with Gasteiger partial charge < -0.3 is 10.2 Å². The summed E-state index contributed by atoms with van der Waals surface area (Å²) in [6.45, 7) is 3.44. The molecule has 5 rings (SSSR count). The fraction of sp³-hybridized carbons (Fsp3) is 0.357. The summed E-state index contributed by atoms with van der Waals surface area (Å²) in [4.78, 5) is 39.8. The third kappa shape index (κ3) is 4.83. The quantitative estimate of drug-likeness (QED) is 0.462. The molecule has 1 N–H and O–H groups in total. The zero-order valence-corrected chi connectivity index (χ0v) is 21.8. The molecule has 1 aliphatic carbocycles. The van der Waals surface area contributed by atoms with Crippen LogP contribution in [0.5, 0.6) is 0 Å². The van der Waals surface area contributed by atoms with Crippen molar-refractivity contribution in [2.75, 3.05) is 37.4 Å². The average molecular weight is 502 g/mol. The number of carbonyl (C=O) groups is 2. The van der Waals surface area contributed by atoms with Crippen LogP contribution >= 0.6 is 11.3 Å². The van der Waals surface area contributed by atoms with Gasteiger partial charge in [-0.15, -0.1) is 11.3 Å². The van der Waals surface area contributed by atoms with Crippen molar-refractivity contribution in [1.29, 1.82) is 0 Å². The van der Waals surface area contributed by atoms with Crippen molar-refractivity contribution in [2.45, 2.75) is 38.0 Å². The van der Waals surface area contributed by atoms with Gasteiger partial charge in [0.2, 0.25) is 5.91 Å². The highest BCUT2D eigenvalue weighted by Crippen LogP contribution is 2.50. The molecule has 0 atom stereocenters. The van der Waals surface area contributed by atoms with Gasteiger partial charge in [0.05, 0.1) is 5.41 Å². The van der Waals surface area contributed by atoms with Crippen LogP contribution < -0.4 is 10.2 Å². The Hall–Kier alpha value is -3.36. The smallest absolute Gasteiger partial charge is 0.251 e. The Bertz CT molecular complexity index is 1320. The number of nitrogens with zero attached hydrogens (tertiary/aromatic N) is 4. The third-order valence-electron chi connectivity index (χ3n) is 6.86. The van der Waals surface area contributed by atoms with Gasteiger partial charge in [-0.05, 0) is 62.5 Å². The van der Waals surface area contributed by atoms with E-state index in [0.717, 1.165) is 65.2 Å². The fourth-order valence-electron chi connectivity index (χ4n) is 4.61. The normalized spacial score (nSPS) is 15.9. The molecule has 0 bridgehead atoms. The molecule has 7 nitrogen and oxygen atoms in total. The molecule has 186 valence electrons. The lowest BCUT2D eigenvalue weighted by atomic mass is 9.92. The molecule has 2 amide bonds. The minimum atomic E-state index is -0.500. The summed E-state index contributed by atoms with van der Waals surface area (Å²) in [5.74, 6) is 0.716. The van der Waals surface area contributed by atoms with Gasteiger partial charge in [-0.1, -0.05) is 37.3 Å². The summed E-state index contributed by atoms with van der Waals surface area (Å²) < 4.78 is 0. The Labute approximate surface area is 215 Å². The number of thiazole rings is 1. The molecule has 1 saturated carbocycles. The second kappa shape index (κ2) is 9.95. The number of amides is 2. The summed E-state index contributed by atoms with van der Waals surface area (Å²) in [6.07, 6.45) is 10.5. The van der Waals surface area contributed by atoms with Crippen LogP contribution in [0.2, 0.25) is 0 Å². The van der Waals surface area contributed by atoms with Gasteiger partial charge in [0.15, 0.2) is 5.13 Å². The molecule has 1 fully saturated rings. The van der Waals surface area contributed by atoms with Gasteiger partial charge in [0.25, 0.3) is 5.91 Å². The molecule has 1 aliphatic heterocycles. The largest absolute Gasteiger partial charge is 0.306 e. The Kier molecular flexibility index (Phi) is 6.73. The highest BCUT2D eigenvalue weighted by atomic mass is 32.1. The lowest BCUT2D eigenvalue weighted by Crippen LogP contribution is -2.28. The average Bonchev–Trinajstić information content (AvgIpc) is 3.39. The molecular weight excluding hydrogens is 470 g/mol. The number of carbonyl (C=O) groups excluding carboxylic acids is 2. The number of anilines is 2. The Balaban J connectivity index is 1.33. The van der Waals surface area contributed by atoms with Crippen LogP contribution in [0.3, 0.4) is 0 Å². The number of nitrogens with one attached hydrogen (secondary N) is 1. The van der Waals surface area contributed by atoms with Crippen LogP contribution in [0.25, 0.3) is 11.1 Å². The molecule has 3 heterocycles. The van der Waals surface area contributed by atoms with Gasteiger partial charge in [-0.25, -0.2) is 9.97 Å². The molecule has 8 heteroatoms. The van der Waals surface area contributed by atoms with E-state index in [4.69, 9.17) is 0 Å². The molecule has 0 saturated heterocycles. The van der Waals surface area contributed by atoms with E-state index in [1.807, 2.05) is 49.6 Å². The first-order chi connectivity index (χ1) is 17.4. The van der Waals surface area contributed by atoms with Crippen molar-refractivity contribution in [3.05, 3.63) is 70.9 Å². The second-order valence-electron chi connectivity index (χ2n) is 9.71. The maximum atomic E-state index is 13.2. The monoisotopic (exact) mass is 501 g/mol. The van der Waals surface area contributed by atoms with Crippen molar-refractivity contribution in [1.82, 2.24) is 14.9 Å². The maximum absolute atomic E-state index is 13.2. The lowest BCUT2D eigenvalue weighted by molar-refractivity contribution is -0.118. The van der Waals surface area contributed by atoms with Gasteiger partial charge in [-0.3, -0.25) is 14.5 Å². The number of aryl methyl sites for hydroxylation is 1. The van der Waals surface area contributed by atoms with Crippen LogP contribution in [-0.2, 0) is 27.8 Å². The van der Waals surface area contributed by atoms with Crippen LogP contribution in [0.15, 0.2) is 54.9 Å². The van der Waals surface area contributed by atoms with Crippen molar-refractivity contribution in [3.8, 4) is 11.1 Å². The lowest BCUT2D eigenvalue weighted by Gasteiger charge is -2.17. The summed E-state index contributed by atoms with van der Waals surface area (Å²) in [6, 6.07) is 10.3. The SMILES string of the molecule is CCc1cnc(NC(=O)C2(c3cccc(-c4cnc5c(c4)CCN5C(=O)/C=C/CN(C)C)c3)CC2)s1. The van der Waals surface area contributed by atoms with E-state index < -0.39 is 5.41 Å². The van der Waals surface area contributed by atoms with E-state index in [0.29, 0.717) is 11.7 Å². The molecule has 36 heavy (non-hydrogen) atoms. The summed E-state index contributed by atoms with van der Waals surface area (Å²) >= 11 is 1.53. The zero-order chi connectivity index (χ0) is 25.3. The predicted molar refractivity (Wildman–Crippen MR) is 144 cm³/mol. The zero-order valence-electron chi connectivity index (χ0n) is 21.0. The van der Waals surface area contributed by atoms with E-state index >= 15 is 0 Å². The molecule has 0 radical (unpaired) electrons.